The third kappa shape index (κ3) is 4.78. The van der Waals surface area contributed by atoms with E-state index in [1.54, 1.807) is 41.1 Å². The van der Waals surface area contributed by atoms with Crippen LogP contribution in [0.3, 0.4) is 0 Å². The lowest BCUT2D eigenvalue weighted by Crippen LogP contribution is -2.21. The van der Waals surface area contributed by atoms with Crippen molar-refractivity contribution in [3.05, 3.63) is 124 Å². The highest BCUT2D eigenvalue weighted by Crippen LogP contribution is 2.42. The number of halogens is 6. The maximum Gasteiger partial charge on any atom is 0.416 e. The SMILES string of the molecule is O=C(Nc1cc(-c2cccc3nccn23)cc2c1C(c1cc(F)ccc1Cl)NC2=O)c1cc(F)cc(C(F)(F)F)c1. The van der Waals surface area contributed by atoms with E-state index in [2.05, 4.69) is 15.6 Å². The van der Waals surface area contributed by atoms with Crippen molar-refractivity contribution < 1.29 is 31.5 Å². The fourth-order valence-corrected chi connectivity index (χ4v) is 5.14. The third-order valence-electron chi connectivity index (χ3n) is 6.72. The Labute approximate surface area is 233 Å². The number of rotatable bonds is 4. The highest BCUT2D eigenvalue weighted by molar-refractivity contribution is 6.31. The quantitative estimate of drug-likeness (QED) is 0.223. The molecule has 2 amide bonds. The number of aromatic nitrogens is 2. The minimum absolute atomic E-state index is 0.0288. The van der Waals surface area contributed by atoms with Crippen LogP contribution in [0.1, 0.15) is 43.4 Å². The molecule has 3 heterocycles. The number of alkyl halides is 3. The van der Waals surface area contributed by atoms with Crippen LogP contribution >= 0.6 is 11.6 Å². The Balaban J connectivity index is 1.53. The first-order chi connectivity index (χ1) is 19.5. The van der Waals surface area contributed by atoms with Crippen LogP contribution in [-0.2, 0) is 6.18 Å². The average Bonchev–Trinajstić information content (AvgIpc) is 3.54. The van der Waals surface area contributed by atoms with Crippen LogP contribution in [-0.4, -0.2) is 21.2 Å². The van der Waals surface area contributed by atoms with Gasteiger partial charge in [-0.15, -0.1) is 0 Å². The standard InChI is InChI=1S/C29H16ClF5N4O2/c30-21-5-4-17(31)13-19(21)26-25-20(28(41)38-26)10-14(23-2-1-3-24-36-6-7-39(23)24)11-22(25)37-27(40)15-8-16(29(33,34)35)12-18(32)9-15/h1-13,26H,(H,37,40)(H,38,41). The van der Waals surface area contributed by atoms with Crippen molar-refractivity contribution in [1.82, 2.24) is 14.7 Å². The Kier molecular flexibility index (Phi) is 6.26. The normalized spacial score (nSPS) is 14.7. The molecule has 0 saturated carbocycles. The molecule has 1 atom stereocenters. The van der Waals surface area contributed by atoms with Gasteiger partial charge in [0.25, 0.3) is 11.8 Å². The molecule has 6 rings (SSSR count). The molecule has 5 aromatic rings. The molecular weight excluding hydrogens is 567 g/mol. The van der Waals surface area contributed by atoms with Gasteiger partial charge in [0.05, 0.1) is 17.3 Å². The van der Waals surface area contributed by atoms with E-state index in [1.165, 1.54) is 12.1 Å². The van der Waals surface area contributed by atoms with Crippen molar-refractivity contribution in [2.45, 2.75) is 12.2 Å². The van der Waals surface area contributed by atoms with Gasteiger partial charge in [-0.25, -0.2) is 13.8 Å². The molecule has 1 aliphatic heterocycles. The first-order valence-electron chi connectivity index (χ1n) is 12.0. The summed E-state index contributed by atoms with van der Waals surface area (Å²) in [4.78, 5) is 30.7. The summed E-state index contributed by atoms with van der Waals surface area (Å²) < 4.78 is 70.0. The molecule has 0 bridgehead atoms. The summed E-state index contributed by atoms with van der Waals surface area (Å²) >= 11 is 6.34. The van der Waals surface area contributed by atoms with Gasteiger partial charge in [0.2, 0.25) is 0 Å². The molecule has 1 unspecified atom stereocenters. The monoisotopic (exact) mass is 582 g/mol. The smallest absolute Gasteiger partial charge is 0.341 e. The highest BCUT2D eigenvalue weighted by Gasteiger charge is 2.36. The fourth-order valence-electron chi connectivity index (χ4n) is 4.92. The number of amides is 2. The predicted octanol–water partition coefficient (Wildman–Crippen LogP) is 7.04. The first kappa shape index (κ1) is 26.5. The van der Waals surface area contributed by atoms with Gasteiger partial charge in [-0.1, -0.05) is 17.7 Å². The number of hydrogen-bond donors (Lipinski definition) is 2. The molecule has 1 aliphatic rings. The van der Waals surface area contributed by atoms with E-state index in [-0.39, 0.29) is 33.5 Å². The van der Waals surface area contributed by atoms with Crippen molar-refractivity contribution in [2.24, 2.45) is 0 Å². The molecule has 0 aliphatic carbocycles. The Morgan fingerprint density at radius 1 is 1.00 bits per heavy atom. The van der Waals surface area contributed by atoms with Gasteiger partial charge in [-0.05, 0) is 60.7 Å². The van der Waals surface area contributed by atoms with E-state index in [1.807, 2.05) is 0 Å². The number of anilines is 1. The number of pyridine rings is 1. The first-order valence-corrected chi connectivity index (χ1v) is 12.4. The number of carbonyl (C=O) groups excluding carboxylic acids is 2. The molecule has 2 aromatic heterocycles. The van der Waals surface area contributed by atoms with Crippen molar-refractivity contribution in [1.29, 1.82) is 0 Å². The van der Waals surface area contributed by atoms with E-state index in [0.717, 1.165) is 12.1 Å². The van der Waals surface area contributed by atoms with Crippen LogP contribution < -0.4 is 10.6 Å². The minimum Gasteiger partial charge on any atom is -0.341 e. The summed E-state index contributed by atoms with van der Waals surface area (Å²) in [6.45, 7) is 0. The van der Waals surface area contributed by atoms with Crippen LogP contribution in [0.15, 0.2) is 79.1 Å². The van der Waals surface area contributed by atoms with Gasteiger partial charge in [-0.2, -0.15) is 13.2 Å². The zero-order valence-electron chi connectivity index (χ0n) is 20.6. The van der Waals surface area contributed by atoms with Gasteiger partial charge < -0.3 is 10.6 Å². The number of nitrogens with one attached hydrogen (secondary N) is 2. The van der Waals surface area contributed by atoms with Crippen LogP contribution in [0.5, 0.6) is 0 Å². The number of nitrogens with zero attached hydrogens (tertiary/aromatic N) is 2. The van der Waals surface area contributed by atoms with E-state index in [9.17, 15) is 31.5 Å². The second kappa shape index (κ2) is 9.70. The fraction of sp³-hybridized carbons (Fsp3) is 0.0690. The lowest BCUT2D eigenvalue weighted by molar-refractivity contribution is -0.137. The van der Waals surface area contributed by atoms with Crippen molar-refractivity contribution in [3.8, 4) is 11.3 Å². The second-order valence-corrected chi connectivity index (χ2v) is 9.71. The van der Waals surface area contributed by atoms with E-state index < -0.39 is 46.8 Å². The number of benzene rings is 3. The summed E-state index contributed by atoms with van der Waals surface area (Å²) in [6.07, 6.45) is -1.62. The Bertz CT molecular complexity index is 1890. The average molecular weight is 583 g/mol. The maximum atomic E-state index is 14.2. The second-order valence-electron chi connectivity index (χ2n) is 9.30. The minimum atomic E-state index is -4.89. The third-order valence-corrected chi connectivity index (χ3v) is 7.06. The zero-order chi connectivity index (χ0) is 29.1. The number of imidazole rings is 1. The van der Waals surface area contributed by atoms with Crippen LogP contribution in [0.25, 0.3) is 16.9 Å². The summed E-state index contributed by atoms with van der Waals surface area (Å²) in [5, 5.41) is 5.41. The van der Waals surface area contributed by atoms with Crippen LogP contribution in [0.4, 0.5) is 27.6 Å². The largest absolute Gasteiger partial charge is 0.416 e. The molecule has 0 fully saturated rings. The van der Waals surface area contributed by atoms with Crippen molar-refractivity contribution >= 4 is 34.7 Å². The van der Waals surface area contributed by atoms with Gasteiger partial charge >= 0.3 is 6.18 Å². The topological polar surface area (TPSA) is 75.5 Å². The number of fused-ring (bicyclic) bond motifs is 2. The molecule has 12 heteroatoms. The van der Waals surface area contributed by atoms with E-state index in [4.69, 9.17) is 11.6 Å². The summed E-state index contributed by atoms with van der Waals surface area (Å²) in [6, 6.07) is 12.4. The molecule has 0 radical (unpaired) electrons. The lowest BCUT2D eigenvalue weighted by Gasteiger charge is -2.19. The summed E-state index contributed by atoms with van der Waals surface area (Å²) in [7, 11) is 0. The Morgan fingerprint density at radius 2 is 1.80 bits per heavy atom. The Morgan fingerprint density at radius 3 is 2.59 bits per heavy atom. The van der Waals surface area contributed by atoms with Crippen LogP contribution in [0, 0.1) is 11.6 Å². The number of hydrogen-bond acceptors (Lipinski definition) is 3. The predicted molar refractivity (Wildman–Crippen MR) is 141 cm³/mol. The molecule has 3 aromatic carbocycles. The van der Waals surface area contributed by atoms with Crippen LogP contribution in [0.2, 0.25) is 5.02 Å². The van der Waals surface area contributed by atoms with Crippen molar-refractivity contribution in [3.63, 3.8) is 0 Å². The molecule has 0 saturated heterocycles. The summed E-state index contributed by atoms with van der Waals surface area (Å²) in [5.74, 6) is -3.48. The molecule has 2 N–H and O–H groups in total. The lowest BCUT2D eigenvalue weighted by atomic mass is 9.93. The highest BCUT2D eigenvalue weighted by atomic mass is 35.5. The van der Waals surface area contributed by atoms with Gasteiger partial charge in [-0.3, -0.25) is 14.0 Å². The van der Waals surface area contributed by atoms with E-state index in [0.29, 0.717) is 29.0 Å². The molecule has 0 spiro atoms. The summed E-state index contributed by atoms with van der Waals surface area (Å²) in [5.41, 5.74) is 0.273. The molecule has 41 heavy (non-hydrogen) atoms. The number of carbonyl (C=O) groups is 2. The molecular formula is C29H16ClF5N4O2. The zero-order valence-corrected chi connectivity index (χ0v) is 21.3. The van der Waals surface area contributed by atoms with Gasteiger partial charge in [0, 0.05) is 50.9 Å². The Hall–Kier alpha value is -4.77. The maximum absolute atomic E-state index is 14.2. The molecule has 6 nitrogen and oxygen atoms in total. The van der Waals surface area contributed by atoms with Crippen molar-refractivity contribution in [2.75, 3.05) is 5.32 Å². The van der Waals surface area contributed by atoms with Gasteiger partial charge in [0.1, 0.15) is 17.3 Å². The van der Waals surface area contributed by atoms with E-state index >= 15 is 0 Å². The molecule has 206 valence electrons. The van der Waals surface area contributed by atoms with Gasteiger partial charge in [0.15, 0.2) is 0 Å².